The molecule has 30 heavy (non-hydrogen) atoms. The fraction of sp³-hybridized carbons (Fsp3) is 0.391. The number of aliphatic imine (C=N–C) groups is 1. The molecule has 2 heterocycles. The van der Waals surface area contributed by atoms with Gasteiger partial charge in [0.2, 0.25) is 5.91 Å². The third-order valence-electron chi connectivity index (χ3n) is 5.86. The summed E-state index contributed by atoms with van der Waals surface area (Å²) in [5, 5.41) is 0. The van der Waals surface area contributed by atoms with Crippen LogP contribution in [0.2, 0.25) is 0 Å². The van der Waals surface area contributed by atoms with E-state index < -0.39 is 0 Å². The Morgan fingerprint density at radius 3 is 2.33 bits per heavy atom. The first-order valence-corrected chi connectivity index (χ1v) is 10.5. The van der Waals surface area contributed by atoms with Gasteiger partial charge < -0.3 is 20.4 Å². The van der Waals surface area contributed by atoms with Crippen molar-refractivity contribution >= 4 is 17.6 Å². The highest BCUT2D eigenvalue weighted by Gasteiger charge is 2.21. The molecule has 0 aromatic heterocycles. The predicted molar refractivity (Wildman–Crippen MR) is 117 cm³/mol. The summed E-state index contributed by atoms with van der Waals surface area (Å²) in [6.45, 7) is 5.15. The lowest BCUT2D eigenvalue weighted by molar-refractivity contribution is -0.128. The number of hydrogen-bond donors (Lipinski definition) is 1. The van der Waals surface area contributed by atoms with Gasteiger partial charge in [-0.3, -0.25) is 4.79 Å². The molecule has 0 spiro atoms. The van der Waals surface area contributed by atoms with Gasteiger partial charge in [0, 0.05) is 51.4 Å². The first-order chi connectivity index (χ1) is 14.6. The second kappa shape index (κ2) is 9.15. The van der Waals surface area contributed by atoms with Crippen LogP contribution in [0.25, 0.3) is 0 Å². The van der Waals surface area contributed by atoms with Crippen molar-refractivity contribution in [2.75, 3.05) is 37.6 Å². The molecule has 0 bridgehead atoms. The zero-order valence-corrected chi connectivity index (χ0v) is 17.1. The first-order valence-electron chi connectivity index (χ1n) is 10.5. The van der Waals surface area contributed by atoms with Crippen LogP contribution in [0, 0.1) is 5.82 Å². The molecule has 1 amide bonds. The molecule has 2 aromatic rings. The van der Waals surface area contributed by atoms with Gasteiger partial charge in [0.25, 0.3) is 0 Å². The minimum Gasteiger partial charge on any atom is -0.370 e. The van der Waals surface area contributed by atoms with E-state index in [0.29, 0.717) is 25.5 Å². The number of halogens is 1. The number of guanidine groups is 1. The van der Waals surface area contributed by atoms with E-state index in [4.69, 9.17) is 5.73 Å². The number of likely N-dealkylation sites (tertiary alicyclic amines) is 1. The molecule has 0 aliphatic carbocycles. The minimum atomic E-state index is -0.219. The van der Waals surface area contributed by atoms with Crippen LogP contribution >= 0.6 is 0 Å². The summed E-state index contributed by atoms with van der Waals surface area (Å²) >= 11 is 0. The molecule has 2 N–H and O–H groups in total. The molecule has 2 saturated heterocycles. The Hall–Kier alpha value is -3.09. The standard InChI is InChI=1S/C23H28FN5O/c24-20-7-9-21(10-8-20)27-12-14-28(15-13-27)23(25)26-16-18-4-1-2-5-19(18)17-29-11-3-6-22(29)30/h1-2,4-5,7-10H,3,6,11-17H2,(H2,25,26). The van der Waals surface area contributed by atoms with Gasteiger partial charge in [0.15, 0.2) is 5.96 Å². The molecule has 158 valence electrons. The van der Waals surface area contributed by atoms with Crippen molar-refractivity contribution in [2.45, 2.75) is 25.9 Å². The fourth-order valence-electron chi connectivity index (χ4n) is 4.05. The van der Waals surface area contributed by atoms with E-state index >= 15 is 0 Å². The molecule has 0 saturated carbocycles. The van der Waals surface area contributed by atoms with Crippen LogP contribution in [0.15, 0.2) is 53.5 Å². The van der Waals surface area contributed by atoms with Gasteiger partial charge in [-0.05, 0) is 41.8 Å². The summed E-state index contributed by atoms with van der Waals surface area (Å²) in [7, 11) is 0. The van der Waals surface area contributed by atoms with Crippen LogP contribution in [0.4, 0.5) is 10.1 Å². The van der Waals surface area contributed by atoms with E-state index in [0.717, 1.165) is 56.0 Å². The number of hydrogen-bond acceptors (Lipinski definition) is 3. The minimum absolute atomic E-state index is 0.219. The third-order valence-corrected chi connectivity index (χ3v) is 5.86. The van der Waals surface area contributed by atoms with Gasteiger partial charge in [-0.25, -0.2) is 9.38 Å². The first kappa shape index (κ1) is 20.2. The second-order valence-corrected chi connectivity index (χ2v) is 7.81. The summed E-state index contributed by atoms with van der Waals surface area (Å²) in [6.07, 6.45) is 1.59. The molecular formula is C23H28FN5O. The fourth-order valence-corrected chi connectivity index (χ4v) is 4.05. The molecule has 7 heteroatoms. The van der Waals surface area contributed by atoms with Crippen LogP contribution in [-0.4, -0.2) is 54.4 Å². The quantitative estimate of drug-likeness (QED) is 0.609. The lowest BCUT2D eigenvalue weighted by atomic mass is 10.1. The average Bonchev–Trinajstić information content (AvgIpc) is 3.18. The van der Waals surface area contributed by atoms with E-state index in [1.54, 1.807) is 0 Å². The molecule has 0 radical (unpaired) electrons. The number of piperazine rings is 1. The second-order valence-electron chi connectivity index (χ2n) is 7.81. The normalized spacial score (nSPS) is 17.7. The van der Waals surface area contributed by atoms with E-state index in [2.05, 4.69) is 26.9 Å². The van der Waals surface area contributed by atoms with Crippen molar-refractivity contribution in [1.82, 2.24) is 9.80 Å². The zero-order valence-electron chi connectivity index (χ0n) is 17.1. The Labute approximate surface area is 176 Å². The number of nitrogens with zero attached hydrogens (tertiary/aromatic N) is 4. The van der Waals surface area contributed by atoms with Crippen LogP contribution in [-0.2, 0) is 17.9 Å². The molecule has 2 aliphatic heterocycles. The maximum absolute atomic E-state index is 13.1. The third kappa shape index (κ3) is 4.72. The van der Waals surface area contributed by atoms with Gasteiger partial charge >= 0.3 is 0 Å². The molecule has 6 nitrogen and oxygen atoms in total. The maximum atomic E-state index is 13.1. The van der Waals surface area contributed by atoms with Crippen molar-refractivity contribution < 1.29 is 9.18 Å². The average molecular weight is 410 g/mol. The summed E-state index contributed by atoms with van der Waals surface area (Å²) in [5.74, 6) is 0.552. The number of carbonyl (C=O) groups excluding carboxylic acids is 1. The number of carbonyl (C=O) groups is 1. The highest BCUT2D eigenvalue weighted by atomic mass is 19.1. The Kier molecular flexibility index (Phi) is 6.16. The Bertz CT molecular complexity index is 906. The lowest BCUT2D eigenvalue weighted by Crippen LogP contribution is -2.51. The summed E-state index contributed by atoms with van der Waals surface area (Å²) in [6, 6.07) is 14.7. The smallest absolute Gasteiger partial charge is 0.222 e. The largest absolute Gasteiger partial charge is 0.370 e. The Morgan fingerprint density at radius 1 is 0.967 bits per heavy atom. The molecule has 0 unspecified atom stereocenters. The van der Waals surface area contributed by atoms with Crippen molar-refractivity contribution in [2.24, 2.45) is 10.7 Å². The van der Waals surface area contributed by atoms with E-state index in [-0.39, 0.29) is 11.7 Å². The Morgan fingerprint density at radius 2 is 1.67 bits per heavy atom. The topological polar surface area (TPSA) is 65.2 Å². The van der Waals surface area contributed by atoms with Gasteiger partial charge in [-0.2, -0.15) is 0 Å². The zero-order chi connectivity index (χ0) is 20.9. The summed E-state index contributed by atoms with van der Waals surface area (Å²) < 4.78 is 13.1. The SMILES string of the molecule is NC(=NCc1ccccc1CN1CCCC1=O)N1CCN(c2ccc(F)cc2)CC1. The van der Waals surface area contributed by atoms with Crippen LogP contribution in [0.3, 0.4) is 0 Å². The summed E-state index contributed by atoms with van der Waals surface area (Å²) in [5.41, 5.74) is 9.54. The lowest BCUT2D eigenvalue weighted by Gasteiger charge is -2.36. The van der Waals surface area contributed by atoms with Crippen LogP contribution in [0.1, 0.15) is 24.0 Å². The van der Waals surface area contributed by atoms with Gasteiger partial charge in [0.05, 0.1) is 6.54 Å². The van der Waals surface area contributed by atoms with Crippen LogP contribution < -0.4 is 10.6 Å². The molecular weight excluding hydrogens is 381 g/mol. The van der Waals surface area contributed by atoms with Crippen molar-refractivity contribution in [3.8, 4) is 0 Å². The molecule has 2 fully saturated rings. The maximum Gasteiger partial charge on any atom is 0.222 e. The number of benzene rings is 2. The van der Waals surface area contributed by atoms with Crippen LogP contribution in [0.5, 0.6) is 0 Å². The highest BCUT2D eigenvalue weighted by molar-refractivity contribution is 5.79. The predicted octanol–water partition coefficient (Wildman–Crippen LogP) is 2.58. The molecule has 0 atom stereocenters. The molecule has 4 rings (SSSR count). The molecule has 2 aromatic carbocycles. The van der Waals surface area contributed by atoms with Gasteiger partial charge in [-0.1, -0.05) is 24.3 Å². The Balaban J connectivity index is 1.35. The van der Waals surface area contributed by atoms with Gasteiger partial charge in [0.1, 0.15) is 5.82 Å². The molecule has 2 aliphatic rings. The van der Waals surface area contributed by atoms with Crippen molar-refractivity contribution in [1.29, 1.82) is 0 Å². The number of anilines is 1. The van der Waals surface area contributed by atoms with Crippen molar-refractivity contribution in [3.63, 3.8) is 0 Å². The number of nitrogens with two attached hydrogens (primary N) is 1. The van der Waals surface area contributed by atoms with Gasteiger partial charge in [-0.15, -0.1) is 0 Å². The van der Waals surface area contributed by atoms with E-state index in [9.17, 15) is 9.18 Å². The van der Waals surface area contributed by atoms with E-state index in [1.165, 1.54) is 12.1 Å². The number of amides is 1. The highest BCUT2D eigenvalue weighted by Crippen LogP contribution is 2.19. The van der Waals surface area contributed by atoms with Crippen molar-refractivity contribution in [3.05, 3.63) is 65.5 Å². The monoisotopic (exact) mass is 409 g/mol. The van der Waals surface area contributed by atoms with E-state index in [1.807, 2.05) is 29.2 Å². The number of rotatable bonds is 5. The summed E-state index contributed by atoms with van der Waals surface area (Å²) in [4.78, 5) is 22.8.